The first-order chi connectivity index (χ1) is 6.74. The zero-order valence-corrected chi connectivity index (χ0v) is 11.4. The molecule has 0 aliphatic rings. The number of hydrogen-bond donors (Lipinski definition) is 1. The van der Waals surface area contributed by atoms with Gasteiger partial charge in [0, 0.05) is 0 Å². The van der Waals surface area contributed by atoms with Crippen molar-refractivity contribution in [2.75, 3.05) is 5.73 Å². The van der Waals surface area contributed by atoms with Crippen molar-refractivity contribution in [2.24, 2.45) is 0 Å². The number of aromatic nitrogens is 1. The quantitative estimate of drug-likeness (QED) is 0.775. The second-order valence-electron chi connectivity index (χ2n) is 2.06. The molecule has 3 heteroatoms. The zero-order chi connectivity index (χ0) is 11.6. The molecule has 0 atom stereocenters. The van der Waals surface area contributed by atoms with Crippen molar-refractivity contribution >= 4 is 21.6 Å². The van der Waals surface area contributed by atoms with Crippen molar-refractivity contribution in [1.29, 1.82) is 0 Å². The van der Waals surface area contributed by atoms with Crippen LogP contribution >= 0.6 is 15.9 Å². The van der Waals surface area contributed by atoms with Gasteiger partial charge < -0.3 is 5.73 Å². The lowest BCUT2D eigenvalue weighted by Gasteiger charge is -2.00. The Hall–Kier alpha value is -0.570. The van der Waals surface area contributed by atoms with Gasteiger partial charge in [0.2, 0.25) is 0 Å². The maximum Gasteiger partial charge on any atom is 0.106 e. The summed E-state index contributed by atoms with van der Waals surface area (Å²) < 4.78 is 0.846. The average Bonchev–Trinajstić information content (AvgIpc) is 2.27. The summed E-state index contributed by atoms with van der Waals surface area (Å²) in [6.45, 7) is 10.1. The number of hydrogen-bond acceptors (Lipinski definition) is 2. The van der Waals surface area contributed by atoms with Crippen molar-refractivity contribution in [1.82, 2.24) is 4.98 Å². The molecule has 0 aromatic carbocycles. The summed E-state index contributed by atoms with van der Waals surface area (Å²) in [6.07, 6.45) is 2.62. The van der Waals surface area contributed by atoms with E-state index in [0.29, 0.717) is 0 Å². The largest absolute Gasteiger partial charge is 0.397 e. The van der Waals surface area contributed by atoms with Gasteiger partial charge in [-0.2, -0.15) is 0 Å². The number of nitrogens with zero attached hydrogens (tertiary/aromatic N) is 1. The van der Waals surface area contributed by atoms with Crippen molar-refractivity contribution in [3.05, 3.63) is 22.4 Å². The third kappa shape index (κ3) is 5.97. The van der Waals surface area contributed by atoms with Crippen molar-refractivity contribution in [3.63, 3.8) is 0 Å². The van der Waals surface area contributed by atoms with Crippen LogP contribution in [0.4, 0.5) is 5.69 Å². The number of halogens is 1. The van der Waals surface area contributed by atoms with Gasteiger partial charge in [-0.3, -0.25) is 0 Å². The van der Waals surface area contributed by atoms with Crippen molar-refractivity contribution in [2.45, 2.75) is 41.0 Å². The molecule has 82 valence electrons. The lowest BCUT2D eigenvalue weighted by Crippen LogP contribution is -1.93. The van der Waals surface area contributed by atoms with Crippen LogP contribution in [0.15, 0.2) is 16.9 Å². The Morgan fingerprint density at radius 1 is 1.29 bits per heavy atom. The molecule has 1 heterocycles. The lowest BCUT2D eigenvalue weighted by molar-refractivity contribution is 1.11. The predicted molar refractivity (Wildman–Crippen MR) is 68.4 cm³/mol. The van der Waals surface area contributed by atoms with Crippen LogP contribution in [0, 0.1) is 0 Å². The topological polar surface area (TPSA) is 38.9 Å². The number of rotatable bonds is 1. The molecule has 0 saturated heterocycles. The minimum atomic E-state index is 0.769. The van der Waals surface area contributed by atoms with E-state index in [1.165, 1.54) is 0 Å². The molecule has 1 rings (SSSR count). The van der Waals surface area contributed by atoms with Crippen LogP contribution in [0.3, 0.4) is 0 Å². The van der Waals surface area contributed by atoms with Crippen LogP contribution in [0.5, 0.6) is 0 Å². The Balaban J connectivity index is 0. The summed E-state index contributed by atoms with van der Waals surface area (Å²) >= 11 is 3.27. The lowest BCUT2D eigenvalue weighted by atomic mass is 10.2. The van der Waals surface area contributed by atoms with Crippen LogP contribution in [0.2, 0.25) is 0 Å². The molecule has 2 N–H and O–H groups in total. The Labute approximate surface area is 96.1 Å². The van der Waals surface area contributed by atoms with E-state index >= 15 is 0 Å². The zero-order valence-electron chi connectivity index (χ0n) is 9.76. The van der Waals surface area contributed by atoms with Crippen molar-refractivity contribution in [3.8, 4) is 0 Å². The van der Waals surface area contributed by atoms with Crippen LogP contribution in [-0.4, -0.2) is 4.98 Å². The molecule has 0 amide bonds. The fourth-order valence-electron chi connectivity index (χ4n) is 0.785. The summed E-state index contributed by atoms with van der Waals surface area (Å²) in [5.74, 6) is 0. The van der Waals surface area contributed by atoms with E-state index < -0.39 is 0 Å². The Morgan fingerprint density at radius 3 is 2.14 bits per heavy atom. The standard InChI is InChI=1S/C7H9BrN2.2C2H6/c1-2-5-3-7(8)10-4-6(5)9;2*1-2/h3-4H,2,9H2,1H3;2*1-2H3. The summed E-state index contributed by atoms with van der Waals surface area (Å²) in [7, 11) is 0. The first-order valence-corrected chi connectivity index (χ1v) is 5.93. The Morgan fingerprint density at radius 2 is 1.79 bits per heavy atom. The summed E-state index contributed by atoms with van der Waals surface area (Å²) in [5, 5.41) is 0. The summed E-state index contributed by atoms with van der Waals surface area (Å²) in [5.41, 5.74) is 7.53. The molecule has 0 radical (unpaired) electrons. The maximum atomic E-state index is 5.62. The fourth-order valence-corrected chi connectivity index (χ4v) is 1.16. The van der Waals surface area contributed by atoms with Crippen LogP contribution in [-0.2, 0) is 6.42 Å². The van der Waals surface area contributed by atoms with Gasteiger partial charge in [0.15, 0.2) is 0 Å². The molecule has 0 saturated carbocycles. The predicted octanol–water partition coefficient (Wildman–Crippen LogP) is 4.04. The Bertz CT molecular complexity index is 237. The molecule has 0 aliphatic heterocycles. The van der Waals surface area contributed by atoms with Gasteiger partial charge >= 0.3 is 0 Å². The Kier molecular flexibility index (Phi) is 11.9. The second-order valence-corrected chi connectivity index (χ2v) is 2.87. The normalized spacial score (nSPS) is 7.86. The highest BCUT2D eigenvalue weighted by Crippen LogP contribution is 2.15. The smallest absolute Gasteiger partial charge is 0.106 e. The minimum Gasteiger partial charge on any atom is -0.397 e. The van der Waals surface area contributed by atoms with E-state index in [-0.39, 0.29) is 0 Å². The van der Waals surface area contributed by atoms with Gasteiger partial charge in [-0.05, 0) is 34.0 Å². The number of nitrogens with two attached hydrogens (primary N) is 1. The number of aryl methyl sites for hydroxylation is 1. The highest BCUT2D eigenvalue weighted by Gasteiger charge is 1.96. The van der Waals surface area contributed by atoms with E-state index in [4.69, 9.17) is 5.73 Å². The van der Waals surface area contributed by atoms with Gasteiger partial charge in [0.25, 0.3) is 0 Å². The van der Waals surface area contributed by atoms with E-state index in [0.717, 1.165) is 22.3 Å². The van der Waals surface area contributed by atoms with E-state index in [1.54, 1.807) is 6.20 Å². The minimum absolute atomic E-state index is 0.769. The molecule has 14 heavy (non-hydrogen) atoms. The van der Waals surface area contributed by atoms with Crippen LogP contribution in [0.25, 0.3) is 0 Å². The average molecular weight is 261 g/mol. The van der Waals surface area contributed by atoms with Crippen molar-refractivity contribution < 1.29 is 0 Å². The molecule has 2 nitrogen and oxygen atoms in total. The molecule has 0 bridgehead atoms. The molecular formula is C11H21BrN2. The first-order valence-electron chi connectivity index (χ1n) is 5.14. The van der Waals surface area contributed by atoms with E-state index in [2.05, 4.69) is 27.8 Å². The molecule has 1 aromatic heterocycles. The monoisotopic (exact) mass is 260 g/mol. The molecule has 0 unspecified atom stereocenters. The van der Waals surface area contributed by atoms with Gasteiger partial charge in [-0.1, -0.05) is 34.6 Å². The van der Waals surface area contributed by atoms with E-state index in [1.807, 2.05) is 33.8 Å². The molecule has 0 aliphatic carbocycles. The molecule has 0 spiro atoms. The third-order valence-electron chi connectivity index (χ3n) is 1.37. The highest BCUT2D eigenvalue weighted by molar-refractivity contribution is 9.10. The molecular weight excluding hydrogens is 240 g/mol. The molecule has 0 fully saturated rings. The SMILES string of the molecule is CC.CC.CCc1cc(Br)ncc1N. The summed E-state index contributed by atoms with van der Waals surface area (Å²) in [6, 6.07) is 1.94. The van der Waals surface area contributed by atoms with Crippen LogP contribution < -0.4 is 5.73 Å². The highest BCUT2D eigenvalue weighted by atomic mass is 79.9. The third-order valence-corrected chi connectivity index (χ3v) is 1.81. The van der Waals surface area contributed by atoms with Crippen LogP contribution in [0.1, 0.15) is 40.2 Å². The molecule has 1 aromatic rings. The van der Waals surface area contributed by atoms with Gasteiger partial charge in [-0.25, -0.2) is 4.98 Å². The summed E-state index contributed by atoms with van der Waals surface area (Å²) in [4.78, 5) is 3.98. The fraction of sp³-hybridized carbons (Fsp3) is 0.545. The maximum absolute atomic E-state index is 5.62. The van der Waals surface area contributed by atoms with Gasteiger partial charge in [0.05, 0.1) is 11.9 Å². The van der Waals surface area contributed by atoms with E-state index in [9.17, 15) is 0 Å². The second kappa shape index (κ2) is 10.5. The van der Waals surface area contributed by atoms with Gasteiger partial charge in [0.1, 0.15) is 4.60 Å². The number of anilines is 1. The first kappa shape index (κ1) is 15.9. The number of pyridine rings is 1. The number of nitrogen functional groups attached to an aromatic ring is 1. The van der Waals surface area contributed by atoms with Gasteiger partial charge in [-0.15, -0.1) is 0 Å².